The Balaban J connectivity index is 1.41. The third-order valence-corrected chi connectivity index (χ3v) is 7.07. The second kappa shape index (κ2) is 11.8. The quantitative estimate of drug-likeness (QED) is 0.409. The molecule has 0 unspecified atom stereocenters. The second-order valence-electron chi connectivity index (χ2n) is 6.41. The number of halogens is 1. The Morgan fingerprint density at radius 1 is 1.16 bits per heavy atom. The maximum Gasteiger partial charge on any atom is 0.239 e. The molecule has 2 N–H and O–H groups in total. The fourth-order valence-corrected chi connectivity index (χ4v) is 4.83. The van der Waals surface area contributed by atoms with Crippen molar-refractivity contribution in [2.24, 2.45) is 0 Å². The summed E-state index contributed by atoms with van der Waals surface area (Å²) in [7, 11) is 0. The van der Waals surface area contributed by atoms with Gasteiger partial charge >= 0.3 is 0 Å². The van der Waals surface area contributed by atoms with Crippen molar-refractivity contribution in [1.29, 1.82) is 0 Å². The number of likely N-dealkylation sites (N-methyl/N-ethyl adjacent to an activating group) is 1. The van der Waals surface area contributed by atoms with E-state index in [0.29, 0.717) is 29.1 Å². The first-order chi connectivity index (χ1) is 15.0. The fourth-order valence-electron chi connectivity index (χ4n) is 2.54. The van der Waals surface area contributed by atoms with Gasteiger partial charge in [0.25, 0.3) is 0 Å². The smallest absolute Gasteiger partial charge is 0.239 e. The van der Waals surface area contributed by atoms with Crippen LogP contribution in [0.2, 0.25) is 0 Å². The number of hydrogen-bond acceptors (Lipinski definition) is 8. The zero-order valence-corrected chi connectivity index (χ0v) is 19.3. The summed E-state index contributed by atoms with van der Waals surface area (Å²) in [6.45, 7) is 3.30. The number of hydrogen-bond donors (Lipinski definition) is 2. The molecule has 3 rings (SSSR count). The van der Waals surface area contributed by atoms with Crippen LogP contribution in [0.4, 0.5) is 9.52 Å². The van der Waals surface area contributed by atoms with E-state index in [9.17, 15) is 14.0 Å². The zero-order chi connectivity index (χ0) is 22.1. The van der Waals surface area contributed by atoms with Crippen LogP contribution in [0.15, 0.2) is 46.1 Å². The van der Waals surface area contributed by atoms with Crippen LogP contribution in [0.5, 0.6) is 0 Å². The lowest BCUT2D eigenvalue weighted by atomic mass is 10.2. The lowest BCUT2D eigenvalue weighted by molar-refractivity contribution is -0.133. The van der Waals surface area contributed by atoms with Gasteiger partial charge in [0.15, 0.2) is 4.34 Å². The molecule has 0 saturated heterocycles. The van der Waals surface area contributed by atoms with Crippen molar-refractivity contribution in [3.8, 4) is 0 Å². The summed E-state index contributed by atoms with van der Waals surface area (Å²) in [5, 5.41) is 16.7. The van der Waals surface area contributed by atoms with Crippen molar-refractivity contribution >= 4 is 51.4 Å². The zero-order valence-electron chi connectivity index (χ0n) is 16.8. The number of thiophene rings is 1. The summed E-state index contributed by atoms with van der Waals surface area (Å²) >= 11 is 4.21. The predicted molar refractivity (Wildman–Crippen MR) is 123 cm³/mol. The number of rotatable bonds is 11. The molecular weight excluding hydrogens is 457 g/mol. The van der Waals surface area contributed by atoms with Gasteiger partial charge in [-0.25, -0.2) is 4.39 Å². The number of nitrogens with one attached hydrogen (secondary N) is 2. The number of amides is 2. The van der Waals surface area contributed by atoms with Crippen molar-refractivity contribution in [3.05, 3.63) is 58.0 Å². The van der Waals surface area contributed by atoms with Crippen molar-refractivity contribution < 1.29 is 14.0 Å². The van der Waals surface area contributed by atoms with E-state index in [0.717, 1.165) is 10.4 Å². The third kappa shape index (κ3) is 7.60. The maximum absolute atomic E-state index is 13.0. The molecule has 0 aliphatic carbocycles. The van der Waals surface area contributed by atoms with Crippen LogP contribution in [-0.2, 0) is 22.7 Å². The largest absolute Gasteiger partial charge is 0.356 e. The predicted octanol–water partition coefficient (Wildman–Crippen LogP) is 3.61. The number of carbonyl (C=O) groups excluding carboxylic acids is 2. The van der Waals surface area contributed by atoms with E-state index >= 15 is 0 Å². The summed E-state index contributed by atoms with van der Waals surface area (Å²) < 4.78 is 13.6. The molecule has 3 aromatic rings. The molecule has 31 heavy (non-hydrogen) atoms. The molecule has 0 bridgehead atoms. The molecule has 2 aromatic heterocycles. The van der Waals surface area contributed by atoms with Crippen LogP contribution in [0.1, 0.15) is 17.4 Å². The van der Waals surface area contributed by atoms with E-state index in [1.54, 1.807) is 23.5 Å². The highest BCUT2D eigenvalue weighted by atomic mass is 32.2. The van der Waals surface area contributed by atoms with Crippen LogP contribution in [-0.4, -0.2) is 45.8 Å². The molecule has 0 spiro atoms. The molecular formula is C20H22FN5O2S3. The van der Waals surface area contributed by atoms with Crippen LogP contribution < -0.4 is 10.6 Å². The number of nitrogens with zero attached hydrogens (tertiary/aromatic N) is 3. The number of thioether (sulfide) groups is 1. The van der Waals surface area contributed by atoms with Gasteiger partial charge < -0.3 is 15.5 Å². The van der Waals surface area contributed by atoms with Gasteiger partial charge in [-0.15, -0.1) is 21.5 Å². The van der Waals surface area contributed by atoms with Crippen LogP contribution in [0.25, 0.3) is 0 Å². The highest BCUT2D eigenvalue weighted by Crippen LogP contribution is 2.26. The highest BCUT2D eigenvalue weighted by Gasteiger charge is 2.17. The van der Waals surface area contributed by atoms with E-state index in [1.165, 1.54) is 40.1 Å². The molecule has 7 nitrogen and oxygen atoms in total. The molecule has 0 radical (unpaired) electrons. The van der Waals surface area contributed by atoms with E-state index in [-0.39, 0.29) is 29.9 Å². The van der Waals surface area contributed by atoms with Gasteiger partial charge in [0.1, 0.15) is 5.82 Å². The minimum Gasteiger partial charge on any atom is -0.356 e. The summed E-state index contributed by atoms with van der Waals surface area (Å²) in [6.07, 6.45) is 0. The van der Waals surface area contributed by atoms with E-state index < -0.39 is 0 Å². The molecule has 11 heteroatoms. The van der Waals surface area contributed by atoms with Crippen molar-refractivity contribution in [2.75, 3.05) is 24.2 Å². The number of benzene rings is 1. The van der Waals surface area contributed by atoms with Gasteiger partial charge in [0.05, 0.1) is 18.8 Å². The first kappa shape index (κ1) is 23.2. The summed E-state index contributed by atoms with van der Waals surface area (Å²) in [5.74, 6) is -0.408. The summed E-state index contributed by atoms with van der Waals surface area (Å²) in [6, 6.07) is 10.1. The molecule has 164 valence electrons. The molecule has 0 aliphatic heterocycles. The number of aromatic nitrogens is 2. The van der Waals surface area contributed by atoms with Gasteiger partial charge in [-0.3, -0.25) is 9.59 Å². The van der Waals surface area contributed by atoms with Gasteiger partial charge in [0, 0.05) is 18.0 Å². The lowest BCUT2D eigenvalue weighted by Gasteiger charge is -2.19. The Morgan fingerprint density at radius 2 is 1.97 bits per heavy atom. The molecule has 0 aliphatic rings. The lowest BCUT2D eigenvalue weighted by Crippen LogP contribution is -2.41. The summed E-state index contributed by atoms with van der Waals surface area (Å²) in [4.78, 5) is 27.2. The van der Waals surface area contributed by atoms with Crippen LogP contribution in [0.3, 0.4) is 0 Å². The van der Waals surface area contributed by atoms with Gasteiger partial charge in [0.2, 0.25) is 16.9 Å². The van der Waals surface area contributed by atoms with Crippen LogP contribution in [0, 0.1) is 5.82 Å². The Kier molecular flexibility index (Phi) is 8.80. The topological polar surface area (TPSA) is 87.2 Å². The number of carbonyl (C=O) groups is 2. The van der Waals surface area contributed by atoms with Crippen LogP contribution >= 0.6 is 34.4 Å². The van der Waals surface area contributed by atoms with E-state index in [4.69, 9.17) is 0 Å². The van der Waals surface area contributed by atoms with E-state index in [2.05, 4.69) is 20.8 Å². The van der Waals surface area contributed by atoms with Crippen molar-refractivity contribution in [3.63, 3.8) is 0 Å². The van der Waals surface area contributed by atoms with Crippen molar-refractivity contribution in [1.82, 2.24) is 20.4 Å². The molecule has 2 heterocycles. The first-order valence-electron chi connectivity index (χ1n) is 9.55. The van der Waals surface area contributed by atoms with Gasteiger partial charge in [-0.1, -0.05) is 41.3 Å². The van der Waals surface area contributed by atoms with Crippen molar-refractivity contribution in [2.45, 2.75) is 24.4 Å². The minimum absolute atomic E-state index is 0.0296. The standard InChI is InChI=1S/C20H22FN5O2S3/c1-2-26(12-17(27)22-11-16-4-3-9-29-16)18(28)13-30-20-25-24-19(31-20)23-10-14-5-7-15(21)8-6-14/h3-9H,2,10-13H2,1H3,(H,22,27)(H,23,24). The Labute approximate surface area is 192 Å². The molecule has 0 fully saturated rings. The minimum atomic E-state index is -0.274. The first-order valence-corrected chi connectivity index (χ1v) is 12.2. The summed E-state index contributed by atoms with van der Waals surface area (Å²) in [5.41, 5.74) is 0.928. The molecule has 0 saturated carbocycles. The monoisotopic (exact) mass is 479 g/mol. The normalized spacial score (nSPS) is 10.6. The highest BCUT2D eigenvalue weighted by molar-refractivity contribution is 8.01. The fraction of sp³-hybridized carbons (Fsp3) is 0.300. The Bertz CT molecular complexity index is 979. The Hall–Kier alpha value is -2.50. The maximum atomic E-state index is 13.0. The average molecular weight is 480 g/mol. The SMILES string of the molecule is CCN(CC(=O)NCc1cccs1)C(=O)CSc1nnc(NCc2ccc(F)cc2)s1. The van der Waals surface area contributed by atoms with Gasteiger partial charge in [-0.2, -0.15) is 0 Å². The third-order valence-electron chi connectivity index (χ3n) is 4.19. The molecule has 2 amide bonds. The molecule has 0 atom stereocenters. The van der Waals surface area contributed by atoms with Gasteiger partial charge in [-0.05, 0) is 36.1 Å². The van der Waals surface area contributed by atoms with E-state index in [1.807, 2.05) is 24.4 Å². The number of anilines is 1. The second-order valence-corrected chi connectivity index (χ2v) is 9.64. The Morgan fingerprint density at radius 3 is 2.68 bits per heavy atom. The average Bonchev–Trinajstić information content (AvgIpc) is 3.46. The molecule has 1 aromatic carbocycles.